The first-order valence-corrected chi connectivity index (χ1v) is 8.57. The number of aromatic carboxylic acids is 1. The minimum absolute atomic E-state index is 0.340. The van der Waals surface area contributed by atoms with Crippen LogP contribution in [0.25, 0.3) is 0 Å². The summed E-state index contributed by atoms with van der Waals surface area (Å²) in [4.78, 5) is 35.6. The minimum Gasteiger partial charge on any atom is -0.500 e. The largest absolute Gasteiger partial charge is 0.500 e. The van der Waals surface area contributed by atoms with Gasteiger partial charge >= 0.3 is 17.9 Å². The molecule has 0 saturated carbocycles. The second kappa shape index (κ2) is 10.1. The summed E-state index contributed by atoms with van der Waals surface area (Å²) in [5, 5.41) is 9.79. The smallest absolute Gasteiger partial charge is 0.377 e. The number of halogens is 1. The van der Waals surface area contributed by atoms with Crippen LogP contribution in [-0.2, 0) is 23.8 Å². The molecule has 0 aliphatic heterocycles. The third-order valence-electron chi connectivity index (χ3n) is 3.85. The standard InChI is InChI=1S/C21H19FO8/c1-12(23)29-19(13-7-5-4-6-8-13)17-14(22)9-10-15(18(17)20(24)25)30-16(11-27-2)21(26)28-3/h4-11,19H,1-3H3,(H,24,25). The van der Waals surface area contributed by atoms with E-state index >= 15 is 0 Å². The molecule has 0 aromatic heterocycles. The Labute approximate surface area is 171 Å². The zero-order valence-corrected chi connectivity index (χ0v) is 16.4. The fourth-order valence-corrected chi connectivity index (χ4v) is 2.66. The molecule has 0 saturated heterocycles. The summed E-state index contributed by atoms with van der Waals surface area (Å²) in [6, 6.07) is 10.0. The van der Waals surface area contributed by atoms with Gasteiger partial charge in [-0.2, -0.15) is 0 Å². The monoisotopic (exact) mass is 418 g/mol. The van der Waals surface area contributed by atoms with Crippen LogP contribution in [0.3, 0.4) is 0 Å². The van der Waals surface area contributed by atoms with Gasteiger partial charge in [0.05, 0.1) is 19.8 Å². The lowest BCUT2D eigenvalue weighted by Crippen LogP contribution is -2.19. The molecule has 158 valence electrons. The van der Waals surface area contributed by atoms with Crippen molar-refractivity contribution in [2.24, 2.45) is 0 Å². The molecule has 2 aromatic rings. The van der Waals surface area contributed by atoms with E-state index in [0.717, 1.165) is 32.4 Å². The fourth-order valence-electron chi connectivity index (χ4n) is 2.66. The van der Waals surface area contributed by atoms with Crippen LogP contribution in [0, 0.1) is 5.82 Å². The lowest BCUT2D eigenvalue weighted by atomic mass is 9.95. The second-order valence-electron chi connectivity index (χ2n) is 5.85. The summed E-state index contributed by atoms with van der Waals surface area (Å²) in [5.74, 6) is -5.04. The first-order valence-electron chi connectivity index (χ1n) is 8.57. The minimum atomic E-state index is -1.56. The highest BCUT2D eigenvalue weighted by Crippen LogP contribution is 2.36. The molecule has 0 bridgehead atoms. The topological polar surface area (TPSA) is 108 Å². The number of carboxylic acid groups (broad SMARTS) is 1. The van der Waals surface area contributed by atoms with Crippen molar-refractivity contribution in [1.82, 2.24) is 0 Å². The van der Waals surface area contributed by atoms with Gasteiger partial charge in [0.1, 0.15) is 23.4 Å². The molecule has 0 amide bonds. The van der Waals surface area contributed by atoms with Gasteiger partial charge in [0.15, 0.2) is 6.10 Å². The molecule has 0 aliphatic carbocycles. The van der Waals surface area contributed by atoms with Gasteiger partial charge in [0.2, 0.25) is 5.76 Å². The highest BCUT2D eigenvalue weighted by Gasteiger charge is 2.31. The molecule has 0 heterocycles. The van der Waals surface area contributed by atoms with Crippen molar-refractivity contribution in [3.05, 3.63) is 77.0 Å². The molecule has 30 heavy (non-hydrogen) atoms. The van der Waals surface area contributed by atoms with E-state index < -0.39 is 46.7 Å². The molecule has 2 rings (SSSR count). The fraction of sp³-hybridized carbons (Fsp3) is 0.190. The third-order valence-corrected chi connectivity index (χ3v) is 3.85. The van der Waals surface area contributed by atoms with Crippen molar-refractivity contribution in [2.75, 3.05) is 14.2 Å². The second-order valence-corrected chi connectivity index (χ2v) is 5.85. The van der Waals surface area contributed by atoms with Crippen LogP contribution in [0.1, 0.15) is 34.5 Å². The molecule has 8 nitrogen and oxygen atoms in total. The normalized spacial score (nSPS) is 11.9. The molecular weight excluding hydrogens is 399 g/mol. The first kappa shape index (κ1) is 22.4. The number of hydrogen-bond acceptors (Lipinski definition) is 7. The molecule has 1 N–H and O–H groups in total. The number of carboxylic acids is 1. The maximum Gasteiger partial charge on any atom is 0.377 e. The summed E-state index contributed by atoms with van der Waals surface area (Å²) in [6.07, 6.45) is -0.465. The molecule has 1 unspecified atom stereocenters. The van der Waals surface area contributed by atoms with Crippen molar-refractivity contribution in [3.8, 4) is 5.75 Å². The summed E-state index contributed by atoms with van der Waals surface area (Å²) in [7, 11) is 2.34. The Hall–Kier alpha value is -3.88. The maximum absolute atomic E-state index is 14.8. The van der Waals surface area contributed by atoms with Gasteiger partial charge in [0.25, 0.3) is 0 Å². The zero-order valence-electron chi connectivity index (χ0n) is 16.4. The van der Waals surface area contributed by atoms with Gasteiger partial charge in [-0.1, -0.05) is 30.3 Å². The van der Waals surface area contributed by atoms with Crippen LogP contribution in [0.5, 0.6) is 5.75 Å². The highest BCUT2D eigenvalue weighted by molar-refractivity contribution is 5.94. The van der Waals surface area contributed by atoms with E-state index in [1.54, 1.807) is 30.3 Å². The van der Waals surface area contributed by atoms with Crippen molar-refractivity contribution < 1.29 is 42.8 Å². The van der Waals surface area contributed by atoms with Gasteiger partial charge in [-0.3, -0.25) is 4.79 Å². The van der Waals surface area contributed by atoms with Gasteiger partial charge < -0.3 is 24.1 Å². The van der Waals surface area contributed by atoms with E-state index in [1.807, 2.05) is 0 Å². The Morgan fingerprint density at radius 1 is 1.07 bits per heavy atom. The Morgan fingerprint density at radius 2 is 1.73 bits per heavy atom. The number of methoxy groups -OCH3 is 2. The maximum atomic E-state index is 14.8. The van der Waals surface area contributed by atoms with E-state index in [0.29, 0.717) is 5.56 Å². The SMILES string of the molecule is COC=C(Oc1ccc(F)c(C(OC(C)=O)c2ccccc2)c1C(=O)O)C(=O)OC. The molecule has 1 atom stereocenters. The molecule has 0 fully saturated rings. The first-order chi connectivity index (χ1) is 14.3. The Balaban J connectivity index is 2.71. The lowest BCUT2D eigenvalue weighted by Gasteiger charge is -2.22. The molecule has 2 aromatic carbocycles. The molecular formula is C21H19FO8. The van der Waals surface area contributed by atoms with Crippen molar-refractivity contribution in [3.63, 3.8) is 0 Å². The van der Waals surface area contributed by atoms with Crippen molar-refractivity contribution in [1.29, 1.82) is 0 Å². The van der Waals surface area contributed by atoms with E-state index in [9.17, 15) is 23.9 Å². The van der Waals surface area contributed by atoms with Crippen LogP contribution >= 0.6 is 0 Å². The highest BCUT2D eigenvalue weighted by atomic mass is 19.1. The number of esters is 2. The van der Waals surface area contributed by atoms with Crippen molar-refractivity contribution in [2.45, 2.75) is 13.0 Å². The van der Waals surface area contributed by atoms with E-state index in [1.165, 1.54) is 7.11 Å². The van der Waals surface area contributed by atoms with Crippen LogP contribution in [0.4, 0.5) is 4.39 Å². The van der Waals surface area contributed by atoms with E-state index in [4.69, 9.17) is 14.2 Å². The number of rotatable bonds is 8. The van der Waals surface area contributed by atoms with E-state index in [2.05, 4.69) is 4.74 Å². The third kappa shape index (κ3) is 5.13. The number of hydrogen-bond donors (Lipinski definition) is 1. The van der Waals surface area contributed by atoms with Crippen LogP contribution < -0.4 is 4.74 Å². The van der Waals surface area contributed by atoms with Crippen LogP contribution in [0.2, 0.25) is 0 Å². The van der Waals surface area contributed by atoms with Crippen LogP contribution in [-0.4, -0.2) is 37.2 Å². The summed E-state index contributed by atoms with van der Waals surface area (Å²) >= 11 is 0. The lowest BCUT2D eigenvalue weighted by molar-refractivity contribution is -0.145. The summed E-state index contributed by atoms with van der Waals surface area (Å²) in [6.45, 7) is 1.12. The zero-order chi connectivity index (χ0) is 22.3. The predicted octanol–water partition coefficient (Wildman–Crippen LogP) is 3.22. The molecule has 9 heteroatoms. The number of benzene rings is 2. The predicted molar refractivity (Wildman–Crippen MR) is 101 cm³/mol. The number of ether oxygens (including phenoxy) is 4. The average Bonchev–Trinajstić information content (AvgIpc) is 2.72. The Morgan fingerprint density at radius 3 is 2.27 bits per heavy atom. The average molecular weight is 418 g/mol. The molecule has 0 radical (unpaired) electrons. The number of carbonyl (C=O) groups excluding carboxylic acids is 2. The van der Waals surface area contributed by atoms with Gasteiger partial charge in [-0.15, -0.1) is 0 Å². The summed E-state index contributed by atoms with van der Waals surface area (Å²) in [5.41, 5.74) is -0.731. The Kier molecular flexibility index (Phi) is 7.51. The summed E-state index contributed by atoms with van der Waals surface area (Å²) < 4.78 is 34.7. The van der Waals surface area contributed by atoms with Gasteiger partial charge in [-0.05, 0) is 17.7 Å². The van der Waals surface area contributed by atoms with Gasteiger partial charge in [0, 0.05) is 6.92 Å². The van der Waals surface area contributed by atoms with Crippen LogP contribution in [0.15, 0.2) is 54.5 Å². The molecule has 0 aliphatic rings. The molecule has 0 spiro atoms. The number of carbonyl (C=O) groups is 3. The Bertz CT molecular complexity index is 968. The van der Waals surface area contributed by atoms with Gasteiger partial charge in [-0.25, -0.2) is 14.0 Å². The quantitative estimate of drug-likeness (QED) is 0.396. The van der Waals surface area contributed by atoms with Crippen molar-refractivity contribution >= 4 is 17.9 Å². The van der Waals surface area contributed by atoms with E-state index in [-0.39, 0.29) is 5.75 Å².